The van der Waals surface area contributed by atoms with Gasteiger partial charge in [-0.1, -0.05) is 78.9 Å². The van der Waals surface area contributed by atoms with E-state index in [9.17, 15) is 24.0 Å². The molecular formula is C28H30N2O8. The van der Waals surface area contributed by atoms with Crippen LogP contribution < -0.4 is 10.6 Å². The molecule has 0 bridgehead atoms. The monoisotopic (exact) mass is 522 g/mol. The van der Waals surface area contributed by atoms with Gasteiger partial charge in [-0.3, -0.25) is 19.2 Å². The fraction of sp³-hybridized carbons (Fsp3) is 0.250. The number of carbonyl (C=O) groups excluding carboxylic acids is 4. The molecule has 3 rings (SSSR count). The number of carboxylic acids is 1. The molecule has 2 amide bonds. The standard InChI is InChI=1S/C18H22N2O8.C10H8/c1-11(19-18(26)28-9-13-6-4-3-5-7-13)17(25)20-14(8-16(23)24)15(22)10-27-12(2)21;1-2-6-10-8-4-3-7-9(10)5-1/h3-7,11,14H,8-10H2,1-2H3,(H,19,26)(H,20,25)(H,23,24);1-8H. The minimum absolute atomic E-state index is 0.00349. The van der Waals surface area contributed by atoms with Crippen LogP contribution in [-0.2, 0) is 35.3 Å². The van der Waals surface area contributed by atoms with Crippen molar-refractivity contribution in [3.8, 4) is 0 Å². The number of hydrogen-bond donors (Lipinski definition) is 3. The third-order valence-electron chi connectivity index (χ3n) is 5.10. The summed E-state index contributed by atoms with van der Waals surface area (Å²) in [6, 6.07) is 23.1. The number of Topliss-reactive ketones (excluding diaryl/α,β-unsaturated/α-hetero) is 1. The van der Waals surface area contributed by atoms with Gasteiger partial charge >= 0.3 is 18.0 Å². The minimum atomic E-state index is -1.41. The third-order valence-corrected chi connectivity index (χ3v) is 5.10. The molecule has 0 aliphatic rings. The number of nitrogens with one attached hydrogen (secondary N) is 2. The van der Waals surface area contributed by atoms with E-state index in [1.54, 1.807) is 24.3 Å². The first-order valence-corrected chi connectivity index (χ1v) is 11.7. The van der Waals surface area contributed by atoms with Crippen LogP contribution in [0.3, 0.4) is 0 Å². The average molecular weight is 523 g/mol. The maximum absolute atomic E-state index is 12.2. The molecular weight excluding hydrogens is 492 g/mol. The maximum atomic E-state index is 12.2. The summed E-state index contributed by atoms with van der Waals surface area (Å²) in [6.45, 7) is 1.76. The number of alkyl carbamates (subject to hydrolysis) is 1. The molecule has 3 aromatic carbocycles. The fourth-order valence-corrected chi connectivity index (χ4v) is 3.13. The predicted octanol–water partition coefficient (Wildman–Crippen LogP) is 3.23. The van der Waals surface area contributed by atoms with E-state index in [4.69, 9.17) is 9.84 Å². The van der Waals surface area contributed by atoms with Crippen LogP contribution in [0, 0.1) is 0 Å². The summed E-state index contributed by atoms with van der Waals surface area (Å²) in [5, 5.41) is 16.0. The van der Waals surface area contributed by atoms with Gasteiger partial charge in [0.25, 0.3) is 0 Å². The smallest absolute Gasteiger partial charge is 0.408 e. The van der Waals surface area contributed by atoms with Crippen LogP contribution in [0.25, 0.3) is 10.8 Å². The van der Waals surface area contributed by atoms with Crippen molar-refractivity contribution in [3.63, 3.8) is 0 Å². The van der Waals surface area contributed by atoms with Crippen molar-refractivity contribution in [3.05, 3.63) is 84.4 Å². The van der Waals surface area contributed by atoms with E-state index in [1.165, 1.54) is 17.7 Å². The molecule has 2 atom stereocenters. The number of benzene rings is 3. The van der Waals surface area contributed by atoms with Crippen LogP contribution in [0.5, 0.6) is 0 Å². The molecule has 0 radical (unpaired) electrons. The van der Waals surface area contributed by atoms with Crippen LogP contribution in [-0.4, -0.2) is 53.5 Å². The lowest BCUT2D eigenvalue weighted by Gasteiger charge is -2.19. The highest BCUT2D eigenvalue weighted by Crippen LogP contribution is 2.11. The number of esters is 1. The number of carbonyl (C=O) groups is 5. The quantitative estimate of drug-likeness (QED) is 0.344. The first-order valence-electron chi connectivity index (χ1n) is 11.7. The highest BCUT2D eigenvalue weighted by molar-refractivity contribution is 5.95. The second kappa shape index (κ2) is 15.4. The van der Waals surface area contributed by atoms with Gasteiger partial charge in [0.05, 0.1) is 6.42 Å². The Hall–Kier alpha value is -4.73. The largest absolute Gasteiger partial charge is 0.481 e. The zero-order valence-corrected chi connectivity index (χ0v) is 21.1. The normalized spacial score (nSPS) is 11.6. The number of ketones is 1. The lowest BCUT2D eigenvalue weighted by atomic mass is 10.1. The van der Waals surface area contributed by atoms with Gasteiger partial charge in [-0.2, -0.15) is 0 Å². The minimum Gasteiger partial charge on any atom is -0.481 e. The summed E-state index contributed by atoms with van der Waals surface area (Å²) >= 11 is 0. The molecule has 0 spiro atoms. The Morgan fingerprint density at radius 1 is 0.789 bits per heavy atom. The molecule has 10 heteroatoms. The van der Waals surface area contributed by atoms with Crippen molar-refractivity contribution in [2.75, 3.05) is 6.61 Å². The Labute approximate surface area is 219 Å². The van der Waals surface area contributed by atoms with Crippen LogP contribution in [0.2, 0.25) is 0 Å². The van der Waals surface area contributed by atoms with Crippen LogP contribution >= 0.6 is 0 Å². The molecule has 200 valence electrons. The predicted molar refractivity (Wildman–Crippen MR) is 139 cm³/mol. The Balaban J connectivity index is 0.000000415. The molecule has 0 fully saturated rings. The van der Waals surface area contributed by atoms with Gasteiger partial charge in [-0.05, 0) is 23.3 Å². The molecule has 0 saturated carbocycles. The Morgan fingerprint density at radius 3 is 1.82 bits per heavy atom. The number of amides is 2. The number of carboxylic acid groups (broad SMARTS) is 1. The van der Waals surface area contributed by atoms with Crippen molar-refractivity contribution >= 4 is 40.5 Å². The second-order valence-electron chi connectivity index (χ2n) is 8.18. The lowest BCUT2D eigenvalue weighted by Crippen LogP contribution is -2.51. The van der Waals surface area contributed by atoms with Gasteiger partial charge in [0.2, 0.25) is 5.91 Å². The third kappa shape index (κ3) is 10.9. The van der Waals surface area contributed by atoms with Gasteiger partial charge in [0.1, 0.15) is 18.7 Å². The number of ether oxygens (including phenoxy) is 2. The molecule has 0 saturated heterocycles. The number of rotatable bonds is 10. The lowest BCUT2D eigenvalue weighted by molar-refractivity contribution is -0.147. The molecule has 10 nitrogen and oxygen atoms in total. The van der Waals surface area contributed by atoms with E-state index in [2.05, 4.69) is 63.9 Å². The highest BCUT2D eigenvalue weighted by Gasteiger charge is 2.27. The molecule has 2 unspecified atom stereocenters. The average Bonchev–Trinajstić information content (AvgIpc) is 2.90. The molecule has 0 aromatic heterocycles. The van der Waals surface area contributed by atoms with Gasteiger partial charge in [0.15, 0.2) is 12.4 Å². The van der Waals surface area contributed by atoms with E-state index in [-0.39, 0.29) is 6.61 Å². The molecule has 0 aliphatic heterocycles. The van der Waals surface area contributed by atoms with E-state index >= 15 is 0 Å². The van der Waals surface area contributed by atoms with Gasteiger partial charge < -0.3 is 25.2 Å². The zero-order chi connectivity index (χ0) is 27.9. The number of aliphatic carboxylic acids is 1. The number of hydrogen-bond acceptors (Lipinski definition) is 7. The molecule has 38 heavy (non-hydrogen) atoms. The van der Waals surface area contributed by atoms with Crippen molar-refractivity contribution < 1.29 is 38.6 Å². The summed E-state index contributed by atoms with van der Waals surface area (Å²) < 4.78 is 9.51. The highest BCUT2D eigenvalue weighted by atomic mass is 16.5. The van der Waals surface area contributed by atoms with Crippen LogP contribution in [0.1, 0.15) is 25.8 Å². The fourth-order valence-electron chi connectivity index (χ4n) is 3.13. The van der Waals surface area contributed by atoms with E-state index in [0.717, 1.165) is 12.5 Å². The van der Waals surface area contributed by atoms with Gasteiger partial charge in [-0.25, -0.2) is 4.79 Å². The Morgan fingerprint density at radius 2 is 1.32 bits per heavy atom. The van der Waals surface area contributed by atoms with E-state index in [0.29, 0.717) is 0 Å². The summed E-state index contributed by atoms with van der Waals surface area (Å²) in [4.78, 5) is 57.6. The van der Waals surface area contributed by atoms with Gasteiger partial charge in [0, 0.05) is 6.92 Å². The molecule has 3 N–H and O–H groups in total. The summed E-state index contributed by atoms with van der Waals surface area (Å²) in [7, 11) is 0. The zero-order valence-electron chi connectivity index (χ0n) is 21.1. The Kier molecular flexibility index (Phi) is 12.0. The summed E-state index contributed by atoms with van der Waals surface area (Å²) in [5.41, 5.74) is 0.757. The molecule has 0 aliphatic carbocycles. The van der Waals surface area contributed by atoms with E-state index in [1.807, 2.05) is 6.07 Å². The first-order chi connectivity index (χ1) is 18.2. The topological polar surface area (TPSA) is 148 Å². The summed E-state index contributed by atoms with van der Waals surface area (Å²) in [5.74, 6) is -3.63. The van der Waals surface area contributed by atoms with Crippen molar-refractivity contribution in [2.24, 2.45) is 0 Å². The van der Waals surface area contributed by atoms with E-state index < -0.39 is 54.8 Å². The van der Waals surface area contributed by atoms with Crippen LogP contribution in [0.4, 0.5) is 4.79 Å². The van der Waals surface area contributed by atoms with Crippen LogP contribution in [0.15, 0.2) is 78.9 Å². The first kappa shape index (κ1) is 29.5. The SMILES string of the molecule is CC(=O)OCC(=O)C(CC(=O)O)NC(=O)C(C)NC(=O)OCc1ccccc1.c1ccc2ccccc2c1. The van der Waals surface area contributed by atoms with Crippen molar-refractivity contribution in [1.29, 1.82) is 0 Å². The molecule has 3 aromatic rings. The second-order valence-corrected chi connectivity index (χ2v) is 8.18. The Bertz CT molecular complexity index is 1180. The number of fused-ring (bicyclic) bond motifs is 1. The summed E-state index contributed by atoms with van der Waals surface area (Å²) in [6.07, 6.45) is -1.55. The van der Waals surface area contributed by atoms with Crippen molar-refractivity contribution in [2.45, 2.75) is 39.0 Å². The molecule has 0 heterocycles. The van der Waals surface area contributed by atoms with Crippen molar-refractivity contribution in [1.82, 2.24) is 10.6 Å². The maximum Gasteiger partial charge on any atom is 0.408 e. The van der Waals surface area contributed by atoms with Gasteiger partial charge in [-0.15, -0.1) is 0 Å².